The molecule has 4 rings (SSSR count). The summed E-state index contributed by atoms with van der Waals surface area (Å²) < 4.78 is 13.3. The fraction of sp³-hybridized carbons (Fsp3) is 0.158. The van der Waals surface area contributed by atoms with Crippen LogP contribution in [0.4, 0.5) is 9.18 Å². The molecule has 28 heavy (non-hydrogen) atoms. The van der Waals surface area contributed by atoms with Crippen LogP contribution in [0.3, 0.4) is 0 Å². The largest absolute Gasteiger partial charge is 0.478 e. The fourth-order valence-corrected chi connectivity index (χ4v) is 3.56. The number of aromatic carboxylic acids is 1. The minimum atomic E-state index is -1.57. The predicted molar refractivity (Wildman–Crippen MR) is 92.9 cm³/mol. The molecule has 0 bridgehead atoms. The lowest BCUT2D eigenvalue weighted by molar-refractivity contribution is -0.124. The number of carboxylic acids is 1. The van der Waals surface area contributed by atoms with Gasteiger partial charge < -0.3 is 15.3 Å². The van der Waals surface area contributed by atoms with Crippen molar-refractivity contribution < 1.29 is 28.7 Å². The van der Waals surface area contributed by atoms with Crippen molar-refractivity contribution in [3.8, 4) is 0 Å². The standard InChI is InChI=1S/C19H14FN3O5/c20-13-4-2-12(3-5-13)19(17(27)21-18(28)22-19)9-23-8-11-7-10(16(25)26)1-6-14(11)15(23)24/h1-7H,8-9H2,(H,25,26)(H2,21,22,27,28). The molecular formula is C19H14FN3O5. The molecule has 0 aromatic heterocycles. The summed E-state index contributed by atoms with van der Waals surface area (Å²) in [4.78, 5) is 49.7. The molecule has 1 atom stereocenters. The summed E-state index contributed by atoms with van der Waals surface area (Å²) >= 11 is 0. The van der Waals surface area contributed by atoms with E-state index in [1.807, 2.05) is 0 Å². The van der Waals surface area contributed by atoms with E-state index in [1.54, 1.807) is 0 Å². The summed E-state index contributed by atoms with van der Waals surface area (Å²) in [5, 5.41) is 13.8. The van der Waals surface area contributed by atoms with E-state index in [1.165, 1.54) is 35.2 Å². The molecule has 1 fully saturated rings. The van der Waals surface area contributed by atoms with Crippen molar-refractivity contribution in [2.45, 2.75) is 12.1 Å². The summed E-state index contributed by atoms with van der Waals surface area (Å²) in [6.07, 6.45) is 0. The van der Waals surface area contributed by atoms with E-state index in [4.69, 9.17) is 5.11 Å². The van der Waals surface area contributed by atoms with Gasteiger partial charge in [-0.1, -0.05) is 12.1 Å². The zero-order valence-corrected chi connectivity index (χ0v) is 14.4. The maximum Gasteiger partial charge on any atom is 0.335 e. The van der Waals surface area contributed by atoms with Crippen LogP contribution >= 0.6 is 0 Å². The Morgan fingerprint density at radius 2 is 1.86 bits per heavy atom. The lowest BCUT2D eigenvalue weighted by Crippen LogP contribution is -2.52. The Labute approximate surface area is 157 Å². The summed E-state index contributed by atoms with van der Waals surface area (Å²) in [7, 11) is 0. The van der Waals surface area contributed by atoms with E-state index in [9.17, 15) is 23.6 Å². The summed E-state index contributed by atoms with van der Waals surface area (Å²) in [5.74, 6) is -2.66. The van der Waals surface area contributed by atoms with Gasteiger partial charge in [0, 0.05) is 12.1 Å². The number of hydrogen-bond acceptors (Lipinski definition) is 4. The number of halogens is 1. The molecule has 0 saturated carbocycles. The van der Waals surface area contributed by atoms with Crippen molar-refractivity contribution in [3.05, 3.63) is 70.5 Å². The molecule has 8 nitrogen and oxygen atoms in total. The van der Waals surface area contributed by atoms with Crippen LogP contribution < -0.4 is 10.6 Å². The lowest BCUT2D eigenvalue weighted by Gasteiger charge is -2.31. The topological polar surface area (TPSA) is 116 Å². The quantitative estimate of drug-likeness (QED) is 0.687. The van der Waals surface area contributed by atoms with E-state index in [-0.39, 0.29) is 24.6 Å². The Balaban J connectivity index is 1.69. The van der Waals surface area contributed by atoms with Gasteiger partial charge >= 0.3 is 12.0 Å². The molecule has 142 valence electrons. The van der Waals surface area contributed by atoms with Crippen molar-refractivity contribution >= 4 is 23.8 Å². The van der Waals surface area contributed by atoms with Gasteiger partial charge in [0.15, 0.2) is 5.54 Å². The number of rotatable bonds is 4. The van der Waals surface area contributed by atoms with Crippen molar-refractivity contribution in [3.63, 3.8) is 0 Å². The number of hydrogen-bond donors (Lipinski definition) is 3. The van der Waals surface area contributed by atoms with Crippen LogP contribution in [0.2, 0.25) is 0 Å². The smallest absolute Gasteiger partial charge is 0.335 e. The van der Waals surface area contributed by atoms with Gasteiger partial charge in [-0.2, -0.15) is 0 Å². The van der Waals surface area contributed by atoms with Crippen LogP contribution in [0.1, 0.15) is 31.8 Å². The molecule has 1 saturated heterocycles. The first-order valence-corrected chi connectivity index (χ1v) is 8.35. The molecule has 4 amide bonds. The van der Waals surface area contributed by atoms with E-state index in [2.05, 4.69) is 10.6 Å². The molecule has 2 aromatic rings. The number of nitrogens with zero attached hydrogens (tertiary/aromatic N) is 1. The lowest BCUT2D eigenvalue weighted by atomic mass is 9.89. The van der Waals surface area contributed by atoms with E-state index < -0.39 is 29.3 Å². The number of carbonyl (C=O) groups excluding carboxylic acids is 3. The van der Waals surface area contributed by atoms with Gasteiger partial charge in [-0.15, -0.1) is 0 Å². The molecule has 2 heterocycles. The van der Waals surface area contributed by atoms with Gasteiger partial charge in [0.2, 0.25) is 0 Å². The highest BCUT2D eigenvalue weighted by molar-refractivity contribution is 6.08. The van der Waals surface area contributed by atoms with Crippen LogP contribution in [0.15, 0.2) is 42.5 Å². The Kier molecular flexibility index (Phi) is 3.88. The first-order chi connectivity index (χ1) is 13.3. The Morgan fingerprint density at radius 3 is 2.46 bits per heavy atom. The second kappa shape index (κ2) is 6.15. The van der Waals surface area contributed by atoms with Crippen molar-refractivity contribution in [2.75, 3.05) is 6.54 Å². The van der Waals surface area contributed by atoms with Crippen molar-refractivity contribution in [2.24, 2.45) is 0 Å². The van der Waals surface area contributed by atoms with Gasteiger partial charge in [-0.25, -0.2) is 14.0 Å². The molecule has 0 aliphatic carbocycles. The van der Waals surface area contributed by atoms with Crippen LogP contribution in [-0.4, -0.2) is 40.4 Å². The number of nitrogens with one attached hydrogen (secondary N) is 2. The van der Waals surface area contributed by atoms with E-state index in [0.29, 0.717) is 16.7 Å². The number of benzene rings is 2. The SMILES string of the molecule is O=C1NC(=O)C(CN2Cc3cc(C(=O)O)ccc3C2=O)(c2ccc(F)cc2)N1. The number of imide groups is 1. The molecule has 2 aromatic carbocycles. The van der Waals surface area contributed by atoms with Gasteiger partial charge in [-0.3, -0.25) is 14.9 Å². The summed E-state index contributed by atoms with van der Waals surface area (Å²) in [5.41, 5.74) is -0.341. The minimum absolute atomic E-state index is 0.0496. The number of fused-ring (bicyclic) bond motifs is 1. The fourth-order valence-electron chi connectivity index (χ4n) is 3.56. The molecule has 2 aliphatic rings. The zero-order chi connectivity index (χ0) is 20.1. The Bertz CT molecular complexity index is 1040. The Hall–Kier alpha value is -3.75. The van der Waals surface area contributed by atoms with Gasteiger partial charge in [0.05, 0.1) is 12.1 Å². The highest BCUT2D eigenvalue weighted by Gasteiger charge is 2.50. The first kappa shape index (κ1) is 17.7. The number of carboxylic acid groups (broad SMARTS) is 1. The average molecular weight is 383 g/mol. The Morgan fingerprint density at radius 1 is 1.14 bits per heavy atom. The molecule has 3 N–H and O–H groups in total. The van der Waals surface area contributed by atoms with Gasteiger partial charge in [-0.05, 0) is 41.5 Å². The molecule has 9 heteroatoms. The molecule has 0 spiro atoms. The van der Waals surface area contributed by atoms with Crippen LogP contribution in [0.5, 0.6) is 0 Å². The average Bonchev–Trinajstić information content (AvgIpc) is 3.11. The third-order valence-electron chi connectivity index (χ3n) is 4.94. The second-order valence-corrected chi connectivity index (χ2v) is 6.66. The number of urea groups is 1. The molecule has 0 radical (unpaired) electrons. The van der Waals surface area contributed by atoms with Gasteiger partial charge in [0.25, 0.3) is 11.8 Å². The molecule has 1 unspecified atom stereocenters. The second-order valence-electron chi connectivity index (χ2n) is 6.66. The van der Waals surface area contributed by atoms with Gasteiger partial charge in [0.1, 0.15) is 5.82 Å². The summed E-state index contributed by atoms with van der Waals surface area (Å²) in [6, 6.07) is 8.53. The highest BCUT2D eigenvalue weighted by atomic mass is 19.1. The molecule has 2 aliphatic heterocycles. The number of carbonyl (C=O) groups is 4. The highest BCUT2D eigenvalue weighted by Crippen LogP contribution is 2.31. The third kappa shape index (κ3) is 2.68. The first-order valence-electron chi connectivity index (χ1n) is 8.35. The predicted octanol–water partition coefficient (Wildman–Crippen LogP) is 1.21. The zero-order valence-electron chi connectivity index (χ0n) is 14.4. The van der Waals surface area contributed by atoms with Crippen molar-refractivity contribution in [1.29, 1.82) is 0 Å². The van der Waals surface area contributed by atoms with Crippen LogP contribution in [0.25, 0.3) is 0 Å². The van der Waals surface area contributed by atoms with Crippen LogP contribution in [-0.2, 0) is 16.9 Å². The monoisotopic (exact) mass is 383 g/mol. The van der Waals surface area contributed by atoms with E-state index >= 15 is 0 Å². The van der Waals surface area contributed by atoms with Crippen LogP contribution in [0, 0.1) is 5.82 Å². The maximum atomic E-state index is 13.3. The van der Waals surface area contributed by atoms with E-state index in [0.717, 1.165) is 12.1 Å². The molecular weight excluding hydrogens is 369 g/mol. The number of amides is 4. The van der Waals surface area contributed by atoms with Crippen molar-refractivity contribution in [1.82, 2.24) is 15.5 Å². The minimum Gasteiger partial charge on any atom is -0.478 e. The third-order valence-corrected chi connectivity index (χ3v) is 4.94. The maximum absolute atomic E-state index is 13.3. The summed E-state index contributed by atoms with van der Waals surface area (Å²) in [6.45, 7) is -0.104. The normalized spacial score (nSPS) is 20.8.